The van der Waals surface area contributed by atoms with Crippen LogP contribution in [0.2, 0.25) is 5.02 Å². The summed E-state index contributed by atoms with van der Waals surface area (Å²) in [4.78, 5) is 2.24. The molecular formula is C11H13ClFN. The van der Waals surface area contributed by atoms with E-state index in [9.17, 15) is 4.39 Å². The Morgan fingerprint density at radius 1 is 1.29 bits per heavy atom. The fraction of sp³-hybridized carbons (Fsp3) is 0.455. The first-order chi connectivity index (χ1) is 6.68. The number of likely N-dealkylation sites (N-methyl/N-ethyl adjacent to an activating group) is 1. The predicted octanol–water partition coefficient (Wildman–Crippen LogP) is 2.51. The Kier molecular flexibility index (Phi) is 2.75. The normalized spacial score (nSPS) is 17.6. The first kappa shape index (κ1) is 9.94. The second-order valence-corrected chi connectivity index (χ2v) is 4.18. The molecule has 0 aromatic heterocycles. The number of rotatable bonds is 0. The van der Waals surface area contributed by atoms with Gasteiger partial charge in [0.05, 0.1) is 5.02 Å². The third-order valence-electron chi connectivity index (χ3n) is 2.80. The molecule has 2 rings (SSSR count). The van der Waals surface area contributed by atoms with Crippen molar-refractivity contribution in [3.8, 4) is 0 Å². The third-order valence-corrected chi connectivity index (χ3v) is 3.21. The van der Waals surface area contributed by atoms with Crippen LogP contribution < -0.4 is 0 Å². The molecule has 76 valence electrons. The summed E-state index contributed by atoms with van der Waals surface area (Å²) in [6, 6.07) is 3.32. The van der Waals surface area contributed by atoms with Crippen molar-refractivity contribution in [2.45, 2.75) is 12.8 Å². The average Bonchev–Trinajstić information content (AvgIpc) is 2.35. The maximum atomic E-state index is 13.2. The summed E-state index contributed by atoms with van der Waals surface area (Å²) in [6.45, 7) is 1.98. The predicted molar refractivity (Wildman–Crippen MR) is 56.3 cm³/mol. The molecule has 0 saturated carbocycles. The maximum Gasteiger partial charge on any atom is 0.142 e. The van der Waals surface area contributed by atoms with Crippen molar-refractivity contribution < 1.29 is 4.39 Å². The molecule has 1 heterocycles. The Balaban J connectivity index is 2.41. The lowest BCUT2D eigenvalue weighted by Crippen LogP contribution is -2.20. The number of hydrogen-bond acceptors (Lipinski definition) is 1. The van der Waals surface area contributed by atoms with E-state index >= 15 is 0 Å². The van der Waals surface area contributed by atoms with Crippen LogP contribution in [0.5, 0.6) is 0 Å². The van der Waals surface area contributed by atoms with Crippen molar-refractivity contribution in [2.75, 3.05) is 20.1 Å². The van der Waals surface area contributed by atoms with Gasteiger partial charge in [-0.15, -0.1) is 0 Å². The molecule has 0 amide bonds. The van der Waals surface area contributed by atoms with Crippen molar-refractivity contribution in [3.63, 3.8) is 0 Å². The molecule has 1 nitrogen and oxygen atoms in total. The fourth-order valence-electron chi connectivity index (χ4n) is 1.86. The standard InChI is InChI=1S/C11H13ClFN/c1-14-6-4-8-2-3-10(13)11(12)9(8)5-7-14/h2-3H,4-7H2,1H3. The highest BCUT2D eigenvalue weighted by Gasteiger charge is 2.15. The highest BCUT2D eigenvalue weighted by Crippen LogP contribution is 2.26. The molecule has 14 heavy (non-hydrogen) atoms. The minimum atomic E-state index is -0.296. The topological polar surface area (TPSA) is 3.24 Å². The Bertz CT molecular complexity index is 351. The minimum Gasteiger partial charge on any atom is -0.306 e. The number of halogens is 2. The van der Waals surface area contributed by atoms with Gasteiger partial charge in [-0.2, -0.15) is 0 Å². The molecule has 0 spiro atoms. The summed E-state index contributed by atoms with van der Waals surface area (Å²) in [5.74, 6) is -0.296. The SMILES string of the molecule is CN1CCc2ccc(F)c(Cl)c2CC1. The van der Waals surface area contributed by atoms with Crippen molar-refractivity contribution in [1.29, 1.82) is 0 Å². The first-order valence-electron chi connectivity index (χ1n) is 4.83. The molecule has 0 saturated heterocycles. The second-order valence-electron chi connectivity index (χ2n) is 3.80. The van der Waals surface area contributed by atoms with Crippen LogP contribution in [0.25, 0.3) is 0 Å². The van der Waals surface area contributed by atoms with Gasteiger partial charge in [0.2, 0.25) is 0 Å². The molecule has 0 aliphatic carbocycles. The molecule has 1 aromatic carbocycles. The van der Waals surface area contributed by atoms with Crippen molar-refractivity contribution >= 4 is 11.6 Å². The van der Waals surface area contributed by atoms with Crippen molar-refractivity contribution in [3.05, 3.63) is 34.1 Å². The molecule has 0 atom stereocenters. The van der Waals surface area contributed by atoms with Crippen LogP contribution in [-0.2, 0) is 12.8 Å². The number of hydrogen-bond donors (Lipinski definition) is 0. The van der Waals surface area contributed by atoms with E-state index in [4.69, 9.17) is 11.6 Å². The summed E-state index contributed by atoms with van der Waals surface area (Å²) in [5.41, 5.74) is 2.19. The van der Waals surface area contributed by atoms with Crippen LogP contribution in [0.15, 0.2) is 12.1 Å². The lowest BCUT2D eigenvalue weighted by Gasteiger charge is -2.10. The van der Waals surface area contributed by atoms with Crippen LogP contribution >= 0.6 is 11.6 Å². The Hall–Kier alpha value is -0.600. The molecule has 0 fully saturated rings. The Labute approximate surface area is 88.5 Å². The molecule has 1 aliphatic heterocycles. The van der Waals surface area contributed by atoms with Gasteiger partial charge in [-0.1, -0.05) is 17.7 Å². The monoisotopic (exact) mass is 213 g/mol. The van der Waals surface area contributed by atoms with Crippen LogP contribution in [0.1, 0.15) is 11.1 Å². The van der Waals surface area contributed by atoms with Crippen LogP contribution in [0.3, 0.4) is 0 Å². The zero-order chi connectivity index (χ0) is 10.1. The van der Waals surface area contributed by atoms with E-state index in [2.05, 4.69) is 11.9 Å². The van der Waals surface area contributed by atoms with Gasteiger partial charge < -0.3 is 4.90 Å². The van der Waals surface area contributed by atoms with Crippen LogP contribution in [0.4, 0.5) is 4.39 Å². The van der Waals surface area contributed by atoms with E-state index in [1.54, 1.807) is 0 Å². The lowest BCUT2D eigenvalue weighted by atomic mass is 10.0. The molecule has 0 bridgehead atoms. The minimum absolute atomic E-state index is 0.296. The van der Waals surface area contributed by atoms with E-state index in [0.717, 1.165) is 31.5 Å². The average molecular weight is 214 g/mol. The van der Waals surface area contributed by atoms with Gasteiger partial charge in [-0.3, -0.25) is 0 Å². The van der Waals surface area contributed by atoms with Gasteiger partial charge in [-0.25, -0.2) is 4.39 Å². The number of fused-ring (bicyclic) bond motifs is 1. The van der Waals surface area contributed by atoms with Crippen LogP contribution in [-0.4, -0.2) is 25.0 Å². The highest BCUT2D eigenvalue weighted by molar-refractivity contribution is 6.31. The maximum absolute atomic E-state index is 13.2. The first-order valence-corrected chi connectivity index (χ1v) is 5.20. The summed E-state index contributed by atoms with van der Waals surface area (Å²) < 4.78 is 13.2. The molecule has 3 heteroatoms. The Morgan fingerprint density at radius 2 is 2.00 bits per heavy atom. The van der Waals surface area contributed by atoms with Gasteiger partial charge in [0, 0.05) is 13.1 Å². The summed E-state index contributed by atoms with van der Waals surface area (Å²) in [7, 11) is 2.08. The molecular weight excluding hydrogens is 201 g/mol. The van der Waals surface area contributed by atoms with Crippen molar-refractivity contribution in [1.82, 2.24) is 4.90 Å². The van der Waals surface area contributed by atoms with E-state index in [0.29, 0.717) is 5.02 Å². The number of nitrogens with zero attached hydrogens (tertiary/aromatic N) is 1. The largest absolute Gasteiger partial charge is 0.306 e. The van der Waals surface area contributed by atoms with E-state index in [1.165, 1.54) is 11.6 Å². The molecule has 1 aromatic rings. The lowest BCUT2D eigenvalue weighted by molar-refractivity contribution is 0.352. The van der Waals surface area contributed by atoms with E-state index in [-0.39, 0.29) is 5.82 Å². The number of benzene rings is 1. The molecule has 1 aliphatic rings. The third kappa shape index (κ3) is 1.77. The smallest absolute Gasteiger partial charge is 0.142 e. The van der Waals surface area contributed by atoms with Gasteiger partial charge in [-0.05, 0) is 37.1 Å². The molecule has 0 unspecified atom stereocenters. The molecule has 0 N–H and O–H groups in total. The van der Waals surface area contributed by atoms with Gasteiger partial charge >= 0.3 is 0 Å². The summed E-state index contributed by atoms with van der Waals surface area (Å²) in [6.07, 6.45) is 1.81. The summed E-state index contributed by atoms with van der Waals surface area (Å²) >= 11 is 5.94. The van der Waals surface area contributed by atoms with E-state index in [1.807, 2.05) is 6.07 Å². The second kappa shape index (κ2) is 3.87. The van der Waals surface area contributed by atoms with Crippen LogP contribution in [0, 0.1) is 5.82 Å². The van der Waals surface area contributed by atoms with Gasteiger partial charge in [0.1, 0.15) is 5.82 Å². The van der Waals surface area contributed by atoms with Gasteiger partial charge in [0.25, 0.3) is 0 Å². The van der Waals surface area contributed by atoms with E-state index < -0.39 is 0 Å². The summed E-state index contributed by atoms with van der Waals surface area (Å²) in [5, 5.41) is 0.317. The Morgan fingerprint density at radius 3 is 2.79 bits per heavy atom. The fourth-order valence-corrected chi connectivity index (χ4v) is 2.14. The van der Waals surface area contributed by atoms with Gasteiger partial charge in [0.15, 0.2) is 0 Å². The quantitative estimate of drug-likeness (QED) is 0.640. The zero-order valence-corrected chi connectivity index (χ0v) is 8.94. The highest BCUT2D eigenvalue weighted by atomic mass is 35.5. The zero-order valence-electron chi connectivity index (χ0n) is 8.19. The van der Waals surface area contributed by atoms with Crippen molar-refractivity contribution in [2.24, 2.45) is 0 Å². The molecule has 0 radical (unpaired) electrons.